The molecule has 2 aromatic rings. The van der Waals surface area contributed by atoms with Crippen LogP contribution in [0.3, 0.4) is 0 Å². The molecule has 0 aliphatic rings. The predicted octanol–water partition coefficient (Wildman–Crippen LogP) is 0.482. The van der Waals surface area contributed by atoms with E-state index in [0.29, 0.717) is 11.3 Å². The average Bonchev–Trinajstić information content (AvgIpc) is 2.52. The van der Waals surface area contributed by atoms with Crippen molar-refractivity contribution in [2.45, 2.75) is 13.5 Å². The van der Waals surface area contributed by atoms with Crippen molar-refractivity contribution in [3.8, 4) is 0 Å². The molecule has 72 valence electrons. The van der Waals surface area contributed by atoms with Crippen LogP contribution in [0.4, 0.5) is 0 Å². The highest BCUT2D eigenvalue weighted by molar-refractivity contribution is 7.71. The molecule has 0 radical (unpaired) electrons. The lowest BCUT2D eigenvalue weighted by atomic mass is 10.4. The standard InChI is InChI=1S/C7H8N6S/c1-5-8-3-2-6(9-5)4-13-7(14)10-11-12-13/h2-3H,4H2,1H3,(H,10,12,14). The molecule has 0 saturated heterocycles. The van der Waals surface area contributed by atoms with Gasteiger partial charge in [-0.2, -0.15) is 5.21 Å². The minimum absolute atomic E-state index is 0.418. The Morgan fingerprint density at radius 3 is 3.07 bits per heavy atom. The number of aryl methyl sites for hydroxylation is 1. The van der Waals surface area contributed by atoms with Gasteiger partial charge in [0.2, 0.25) is 4.77 Å². The maximum absolute atomic E-state index is 4.93. The molecule has 1 N–H and O–H groups in total. The highest BCUT2D eigenvalue weighted by Gasteiger charge is 1.99. The predicted molar refractivity (Wildman–Crippen MR) is 51.1 cm³/mol. The summed E-state index contributed by atoms with van der Waals surface area (Å²) in [5.74, 6) is 0.737. The molecular formula is C7H8N6S. The molecule has 0 fully saturated rings. The van der Waals surface area contributed by atoms with Crippen LogP contribution < -0.4 is 0 Å². The summed E-state index contributed by atoms with van der Waals surface area (Å²) in [5.41, 5.74) is 0.875. The summed E-state index contributed by atoms with van der Waals surface area (Å²) in [6.07, 6.45) is 1.71. The van der Waals surface area contributed by atoms with Gasteiger partial charge in [0, 0.05) is 6.20 Å². The molecule has 7 heteroatoms. The topological polar surface area (TPSA) is 72.3 Å². The Morgan fingerprint density at radius 1 is 1.57 bits per heavy atom. The third-order valence-electron chi connectivity index (χ3n) is 1.69. The SMILES string of the molecule is Cc1nccc(Cn2[nH]nnc2=S)n1. The minimum atomic E-state index is 0.418. The molecule has 0 atom stereocenters. The highest BCUT2D eigenvalue weighted by Crippen LogP contribution is 1.97. The first-order valence-corrected chi connectivity index (χ1v) is 4.43. The van der Waals surface area contributed by atoms with E-state index in [4.69, 9.17) is 12.2 Å². The number of nitrogens with zero attached hydrogens (tertiary/aromatic N) is 5. The van der Waals surface area contributed by atoms with Crippen LogP contribution in [0.1, 0.15) is 11.5 Å². The Balaban J connectivity index is 2.27. The van der Waals surface area contributed by atoms with Gasteiger partial charge in [-0.1, -0.05) is 10.3 Å². The molecule has 0 aliphatic heterocycles. The summed E-state index contributed by atoms with van der Waals surface area (Å²) in [6, 6.07) is 1.83. The van der Waals surface area contributed by atoms with Crippen molar-refractivity contribution in [3.05, 3.63) is 28.6 Å². The van der Waals surface area contributed by atoms with Crippen LogP contribution >= 0.6 is 12.2 Å². The summed E-state index contributed by atoms with van der Waals surface area (Å²) in [7, 11) is 0. The summed E-state index contributed by atoms with van der Waals surface area (Å²) in [4.78, 5) is 8.24. The van der Waals surface area contributed by atoms with Crippen molar-refractivity contribution < 1.29 is 0 Å². The number of aromatic amines is 1. The first-order valence-electron chi connectivity index (χ1n) is 4.02. The van der Waals surface area contributed by atoms with E-state index in [1.807, 2.05) is 13.0 Å². The lowest BCUT2D eigenvalue weighted by Gasteiger charge is -2.00. The highest BCUT2D eigenvalue weighted by atomic mass is 32.1. The number of rotatable bonds is 2. The van der Waals surface area contributed by atoms with Crippen molar-refractivity contribution in [1.29, 1.82) is 0 Å². The largest absolute Gasteiger partial charge is 0.242 e. The van der Waals surface area contributed by atoms with Crippen LogP contribution in [-0.4, -0.2) is 30.2 Å². The van der Waals surface area contributed by atoms with Crippen molar-refractivity contribution in [3.63, 3.8) is 0 Å². The van der Waals surface area contributed by atoms with Crippen LogP contribution in [0.5, 0.6) is 0 Å². The first kappa shape index (κ1) is 8.95. The lowest BCUT2D eigenvalue weighted by molar-refractivity contribution is 0.628. The van der Waals surface area contributed by atoms with E-state index in [2.05, 4.69) is 25.5 Å². The number of hydrogen-bond acceptors (Lipinski definition) is 5. The van der Waals surface area contributed by atoms with Crippen molar-refractivity contribution in [2.75, 3.05) is 0 Å². The molecule has 0 bridgehead atoms. The van der Waals surface area contributed by atoms with Gasteiger partial charge in [-0.15, -0.1) is 0 Å². The van der Waals surface area contributed by atoms with E-state index in [1.54, 1.807) is 10.9 Å². The monoisotopic (exact) mass is 208 g/mol. The third kappa shape index (κ3) is 1.82. The second-order valence-corrected chi connectivity index (χ2v) is 3.13. The minimum Gasteiger partial charge on any atom is -0.242 e. The molecule has 0 unspecified atom stereocenters. The maximum atomic E-state index is 4.93. The van der Waals surface area contributed by atoms with Gasteiger partial charge in [0.05, 0.1) is 12.2 Å². The molecule has 0 saturated carbocycles. The van der Waals surface area contributed by atoms with Crippen LogP contribution in [-0.2, 0) is 6.54 Å². The average molecular weight is 208 g/mol. The molecular weight excluding hydrogens is 200 g/mol. The number of tetrazole rings is 1. The van der Waals surface area contributed by atoms with Gasteiger partial charge in [-0.3, -0.25) is 0 Å². The van der Waals surface area contributed by atoms with Crippen molar-refractivity contribution in [2.24, 2.45) is 0 Å². The fourth-order valence-corrected chi connectivity index (χ4v) is 1.22. The van der Waals surface area contributed by atoms with E-state index >= 15 is 0 Å². The summed E-state index contributed by atoms with van der Waals surface area (Å²) >= 11 is 4.93. The Bertz CT molecular complexity index is 487. The van der Waals surface area contributed by atoms with Crippen LogP contribution in [0.2, 0.25) is 0 Å². The van der Waals surface area contributed by atoms with Gasteiger partial charge in [0.1, 0.15) is 5.82 Å². The second-order valence-electron chi connectivity index (χ2n) is 2.76. The third-order valence-corrected chi connectivity index (χ3v) is 1.99. The molecule has 2 aromatic heterocycles. The summed E-state index contributed by atoms with van der Waals surface area (Å²) in [6.45, 7) is 2.38. The van der Waals surface area contributed by atoms with Gasteiger partial charge in [0.25, 0.3) is 0 Å². The Morgan fingerprint density at radius 2 is 2.43 bits per heavy atom. The number of hydrogen-bond donors (Lipinski definition) is 1. The zero-order valence-electron chi connectivity index (χ0n) is 7.51. The number of H-pyrrole nitrogens is 1. The van der Waals surface area contributed by atoms with Crippen LogP contribution in [0, 0.1) is 11.7 Å². The fraction of sp³-hybridized carbons (Fsp3) is 0.286. The molecule has 6 nitrogen and oxygen atoms in total. The van der Waals surface area contributed by atoms with E-state index in [1.165, 1.54) is 0 Å². The van der Waals surface area contributed by atoms with Crippen LogP contribution in [0.25, 0.3) is 0 Å². The fourth-order valence-electron chi connectivity index (χ4n) is 1.07. The van der Waals surface area contributed by atoms with Gasteiger partial charge in [0.15, 0.2) is 0 Å². The van der Waals surface area contributed by atoms with Crippen LogP contribution in [0.15, 0.2) is 12.3 Å². The molecule has 2 rings (SSSR count). The quantitative estimate of drug-likeness (QED) is 0.727. The smallest absolute Gasteiger partial charge is 0.238 e. The van der Waals surface area contributed by atoms with Gasteiger partial charge >= 0.3 is 0 Å². The zero-order valence-corrected chi connectivity index (χ0v) is 8.32. The Kier molecular flexibility index (Phi) is 2.32. The lowest BCUT2D eigenvalue weighted by Crippen LogP contribution is -2.05. The molecule has 2 heterocycles. The number of nitrogens with one attached hydrogen (secondary N) is 1. The second kappa shape index (κ2) is 3.62. The molecule has 0 aromatic carbocycles. The van der Waals surface area contributed by atoms with E-state index in [9.17, 15) is 0 Å². The Hall–Kier alpha value is -1.63. The normalized spacial score (nSPS) is 10.4. The zero-order chi connectivity index (χ0) is 9.97. The molecule has 0 amide bonds. The maximum Gasteiger partial charge on any atom is 0.238 e. The van der Waals surface area contributed by atoms with E-state index < -0.39 is 0 Å². The molecule has 0 spiro atoms. The van der Waals surface area contributed by atoms with E-state index in [-0.39, 0.29) is 0 Å². The van der Waals surface area contributed by atoms with Gasteiger partial charge < -0.3 is 0 Å². The van der Waals surface area contributed by atoms with Crippen molar-refractivity contribution in [1.82, 2.24) is 30.2 Å². The van der Waals surface area contributed by atoms with Crippen molar-refractivity contribution >= 4 is 12.2 Å². The van der Waals surface area contributed by atoms with E-state index in [0.717, 1.165) is 11.5 Å². The van der Waals surface area contributed by atoms with Gasteiger partial charge in [-0.05, 0) is 25.2 Å². The van der Waals surface area contributed by atoms with Gasteiger partial charge in [-0.25, -0.2) is 14.6 Å². The molecule has 0 aliphatic carbocycles. The molecule has 14 heavy (non-hydrogen) atoms. The summed E-state index contributed by atoms with van der Waals surface area (Å²) < 4.78 is 2.05. The first-order chi connectivity index (χ1) is 6.75. The number of aromatic nitrogens is 6. The summed E-state index contributed by atoms with van der Waals surface area (Å²) in [5, 5.41) is 9.91. The Labute approximate surface area is 85.0 Å².